The van der Waals surface area contributed by atoms with Gasteiger partial charge in [-0.3, -0.25) is 4.90 Å². The summed E-state index contributed by atoms with van der Waals surface area (Å²) in [6.45, 7) is 4.23. The van der Waals surface area contributed by atoms with Gasteiger partial charge in [-0.25, -0.2) is 0 Å². The van der Waals surface area contributed by atoms with Crippen molar-refractivity contribution in [3.05, 3.63) is 29.8 Å². The molecule has 4 nitrogen and oxygen atoms in total. The van der Waals surface area contributed by atoms with Gasteiger partial charge in [-0.1, -0.05) is 6.42 Å². The fourth-order valence-electron chi connectivity index (χ4n) is 2.57. The first-order valence-corrected chi connectivity index (χ1v) is 7.24. The first kappa shape index (κ1) is 14.8. The number of nitrogens with zero attached hydrogens (tertiary/aromatic N) is 2. The zero-order chi connectivity index (χ0) is 14.4. The topological polar surface area (TPSA) is 56.5 Å². The molecule has 0 saturated carbocycles. The van der Waals surface area contributed by atoms with Gasteiger partial charge in [0.1, 0.15) is 18.5 Å². The number of nitriles is 1. The van der Waals surface area contributed by atoms with E-state index in [4.69, 9.17) is 10.00 Å². The van der Waals surface area contributed by atoms with Crippen LogP contribution in [0.3, 0.4) is 0 Å². The van der Waals surface area contributed by atoms with Gasteiger partial charge in [0.05, 0.1) is 11.6 Å². The molecule has 0 unspecified atom stereocenters. The van der Waals surface area contributed by atoms with E-state index in [0.717, 1.165) is 6.54 Å². The number of β-amino-alcohol motifs (C(OH)–C–C–N with tert-alkyl or cyclic N) is 1. The summed E-state index contributed by atoms with van der Waals surface area (Å²) in [6, 6.07) is 9.57. The highest BCUT2D eigenvalue weighted by Crippen LogP contribution is 2.17. The summed E-state index contributed by atoms with van der Waals surface area (Å²) in [7, 11) is 0. The largest absolute Gasteiger partial charge is 0.491 e. The van der Waals surface area contributed by atoms with E-state index in [2.05, 4.69) is 17.9 Å². The van der Waals surface area contributed by atoms with E-state index in [1.165, 1.54) is 19.3 Å². The van der Waals surface area contributed by atoms with Crippen LogP contribution in [-0.4, -0.2) is 41.8 Å². The van der Waals surface area contributed by atoms with Gasteiger partial charge in [0.15, 0.2) is 0 Å². The summed E-state index contributed by atoms with van der Waals surface area (Å²) >= 11 is 0. The minimum atomic E-state index is -0.480. The van der Waals surface area contributed by atoms with E-state index in [0.29, 0.717) is 23.9 Å². The average molecular weight is 274 g/mol. The Kier molecular flexibility index (Phi) is 5.40. The van der Waals surface area contributed by atoms with Crippen LogP contribution in [0.4, 0.5) is 0 Å². The van der Waals surface area contributed by atoms with Crippen LogP contribution < -0.4 is 4.74 Å². The maximum Gasteiger partial charge on any atom is 0.119 e. The first-order valence-electron chi connectivity index (χ1n) is 7.24. The van der Waals surface area contributed by atoms with Crippen LogP contribution >= 0.6 is 0 Å². The molecule has 1 aliphatic rings. The number of rotatable bonds is 5. The minimum absolute atomic E-state index is 0.287. The van der Waals surface area contributed by atoms with Crippen molar-refractivity contribution in [2.24, 2.45) is 0 Å². The van der Waals surface area contributed by atoms with Crippen LogP contribution in [0.25, 0.3) is 0 Å². The van der Waals surface area contributed by atoms with Gasteiger partial charge >= 0.3 is 0 Å². The van der Waals surface area contributed by atoms with Crippen molar-refractivity contribution < 1.29 is 9.84 Å². The van der Waals surface area contributed by atoms with Gasteiger partial charge in [0.2, 0.25) is 0 Å². The third-order valence-corrected chi connectivity index (χ3v) is 3.81. The Morgan fingerprint density at radius 2 is 2.15 bits per heavy atom. The number of aliphatic hydroxyl groups is 1. The molecular weight excluding hydrogens is 252 g/mol. The standard InChI is InChI=1S/C16H22N2O2/c1-13-4-2-3-9-18(13)11-15(19)12-20-16-7-5-14(10-17)6-8-16/h5-8,13,15,19H,2-4,9,11-12H2,1H3/t13-,15+/m0/s1. The SMILES string of the molecule is C[C@H]1CCCCN1C[C@@H](O)COc1ccc(C#N)cc1. The highest BCUT2D eigenvalue weighted by Gasteiger charge is 2.20. The molecule has 0 aromatic heterocycles. The third kappa shape index (κ3) is 4.22. The maximum absolute atomic E-state index is 10.1. The zero-order valence-corrected chi connectivity index (χ0v) is 12.0. The van der Waals surface area contributed by atoms with Crippen molar-refractivity contribution in [1.29, 1.82) is 5.26 Å². The number of aliphatic hydroxyl groups excluding tert-OH is 1. The van der Waals surface area contributed by atoms with Crippen LogP contribution in [0.1, 0.15) is 31.7 Å². The molecule has 1 aromatic carbocycles. The Labute approximate surface area is 120 Å². The molecule has 0 aliphatic carbocycles. The molecule has 1 saturated heterocycles. The second kappa shape index (κ2) is 7.28. The van der Waals surface area contributed by atoms with Gasteiger partial charge in [0, 0.05) is 12.6 Å². The number of piperidine rings is 1. The number of benzene rings is 1. The fraction of sp³-hybridized carbons (Fsp3) is 0.562. The molecule has 4 heteroatoms. The first-order chi connectivity index (χ1) is 9.69. The van der Waals surface area contributed by atoms with E-state index in [-0.39, 0.29) is 6.61 Å². The second-order valence-corrected chi connectivity index (χ2v) is 5.44. The van der Waals surface area contributed by atoms with Crippen LogP contribution in [0.5, 0.6) is 5.75 Å². The van der Waals surface area contributed by atoms with E-state index >= 15 is 0 Å². The Balaban J connectivity index is 1.76. The fourth-order valence-corrected chi connectivity index (χ4v) is 2.57. The number of likely N-dealkylation sites (tertiary alicyclic amines) is 1. The minimum Gasteiger partial charge on any atom is -0.491 e. The summed E-state index contributed by atoms with van der Waals surface area (Å²) in [4.78, 5) is 2.33. The summed E-state index contributed by atoms with van der Waals surface area (Å²) in [5.74, 6) is 0.690. The summed E-state index contributed by atoms with van der Waals surface area (Å²) in [5.41, 5.74) is 0.611. The van der Waals surface area contributed by atoms with Crippen molar-refractivity contribution in [2.75, 3.05) is 19.7 Å². The van der Waals surface area contributed by atoms with Crippen LogP contribution in [-0.2, 0) is 0 Å². The predicted molar refractivity (Wildman–Crippen MR) is 77.5 cm³/mol. The molecule has 1 aliphatic heterocycles. The third-order valence-electron chi connectivity index (χ3n) is 3.81. The van der Waals surface area contributed by atoms with Gasteiger partial charge in [-0.05, 0) is 50.6 Å². The molecule has 0 radical (unpaired) electrons. The normalized spacial score (nSPS) is 21.1. The second-order valence-electron chi connectivity index (χ2n) is 5.44. The molecule has 1 fully saturated rings. The van der Waals surface area contributed by atoms with E-state index in [1.807, 2.05) is 0 Å². The number of ether oxygens (including phenoxy) is 1. The lowest BCUT2D eigenvalue weighted by atomic mass is 10.0. The Bertz CT molecular complexity index is 453. The lowest BCUT2D eigenvalue weighted by molar-refractivity contribution is 0.0438. The molecule has 0 bridgehead atoms. The maximum atomic E-state index is 10.1. The van der Waals surface area contributed by atoms with Crippen LogP contribution in [0, 0.1) is 11.3 Å². The lowest BCUT2D eigenvalue weighted by Gasteiger charge is -2.34. The molecular formula is C16H22N2O2. The predicted octanol–water partition coefficient (Wildman–Crippen LogP) is 2.17. The summed E-state index contributed by atoms with van der Waals surface area (Å²) in [6.07, 6.45) is 3.23. The molecule has 0 amide bonds. The monoisotopic (exact) mass is 274 g/mol. The molecule has 20 heavy (non-hydrogen) atoms. The molecule has 1 N–H and O–H groups in total. The lowest BCUT2D eigenvalue weighted by Crippen LogP contribution is -2.43. The Hall–Kier alpha value is -1.57. The smallest absolute Gasteiger partial charge is 0.119 e. The van der Waals surface area contributed by atoms with Crippen molar-refractivity contribution >= 4 is 0 Å². The van der Waals surface area contributed by atoms with Gasteiger partial charge in [0.25, 0.3) is 0 Å². The zero-order valence-electron chi connectivity index (χ0n) is 12.0. The van der Waals surface area contributed by atoms with Gasteiger partial charge in [-0.2, -0.15) is 5.26 Å². The van der Waals surface area contributed by atoms with Gasteiger partial charge < -0.3 is 9.84 Å². The molecule has 1 heterocycles. The molecule has 0 spiro atoms. The van der Waals surface area contributed by atoms with E-state index < -0.39 is 6.10 Å². The average Bonchev–Trinajstić information content (AvgIpc) is 2.48. The van der Waals surface area contributed by atoms with E-state index in [9.17, 15) is 5.11 Å². The van der Waals surface area contributed by atoms with Crippen molar-refractivity contribution in [3.8, 4) is 11.8 Å². The Morgan fingerprint density at radius 1 is 1.40 bits per heavy atom. The van der Waals surface area contributed by atoms with Crippen molar-refractivity contribution in [2.45, 2.75) is 38.3 Å². The number of hydrogen-bond acceptors (Lipinski definition) is 4. The Morgan fingerprint density at radius 3 is 2.80 bits per heavy atom. The molecule has 108 valence electrons. The summed E-state index contributed by atoms with van der Waals surface area (Å²) in [5, 5.41) is 18.8. The quantitative estimate of drug-likeness (QED) is 0.894. The van der Waals surface area contributed by atoms with Crippen molar-refractivity contribution in [1.82, 2.24) is 4.90 Å². The van der Waals surface area contributed by atoms with Crippen LogP contribution in [0.15, 0.2) is 24.3 Å². The summed E-state index contributed by atoms with van der Waals surface area (Å²) < 4.78 is 5.56. The van der Waals surface area contributed by atoms with Gasteiger partial charge in [-0.15, -0.1) is 0 Å². The molecule has 2 rings (SSSR count). The number of hydrogen-bond donors (Lipinski definition) is 1. The van der Waals surface area contributed by atoms with Crippen LogP contribution in [0.2, 0.25) is 0 Å². The van der Waals surface area contributed by atoms with Crippen molar-refractivity contribution in [3.63, 3.8) is 0 Å². The van der Waals surface area contributed by atoms with E-state index in [1.54, 1.807) is 24.3 Å². The highest BCUT2D eigenvalue weighted by molar-refractivity contribution is 5.34. The molecule has 1 aromatic rings. The molecule has 2 atom stereocenters. The highest BCUT2D eigenvalue weighted by atomic mass is 16.5.